The first-order valence-corrected chi connectivity index (χ1v) is 7.97. The van der Waals surface area contributed by atoms with E-state index in [0.717, 1.165) is 25.1 Å². The van der Waals surface area contributed by atoms with Crippen molar-refractivity contribution < 1.29 is 14.4 Å². The number of hydrogen-bond donors (Lipinski definition) is 1. The lowest BCUT2D eigenvalue weighted by Gasteiger charge is -2.32. The number of ether oxygens (including phenoxy) is 1. The predicted molar refractivity (Wildman–Crippen MR) is 85.8 cm³/mol. The van der Waals surface area contributed by atoms with Gasteiger partial charge in [-0.3, -0.25) is 4.90 Å². The van der Waals surface area contributed by atoms with Crippen molar-refractivity contribution in [1.29, 1.82) is 0 Å². The highest BCUT2D eigenvalue weighted by Gasteiger charge is 2.27. The van der Waals surface area contributed by atoms with E-state index in [1.54, 1.807) is 0 Å². The lowest BCUT2D eigenvalue weighted by Crippen LogP contribution is -2.41. The van der Waals surface area contributed by atoms with Crippen molar-refractivity contribution in [3.05, 3.63) is 36.2 Å². The van der Waals surface area contributed by atoms with Gasteiger partial charge in [0.05, 0.1) is 12.2 Å². The highest BCUT2D eigenvalue weighted by molar-refractivity contribution is 5.52. The van der Waals surface area contributed by atoms with Gasteiger partial charge in [-0.25, -0.2) is 0 Å². The van der Waals surface area contributed by atoms with Crippen LogP contribution in [0.3, 0.4) is 0 Å². The van der Waals surface area contributed by atoms with Crippen LogP contribution < -0.4 is 0 Å². The zero-order chi connectivity index (χ0) is 16.3. The summed E-state index contributed by atoms with van der Waals surface area (Å²) in [7, 11) is 0. The maximum Gasteiger partial charge on any atom is 0.258 e. The van der Waals surface area contributed by atoms with Gasteiger partial charge in [0.2, 0.25) is 5.82 Å². The van der Waals surface area contributed by atoms with E-state index in [1.165, 1.54) is 0 Å². The van der Waals surface area contributed by atoms with Gasteiger partial charge in [-0.05, 0) is 32.4 Å². The van der Waals surface area contributed by atoms with Gasteiger partial charge < -0.3 is 14.4 Å². The third kappa shape index (κ3) is 4.37. The standard InChI is InChI=1S/C17H23N3O3/c1-17(2,21)8-9-20-10-11-22-14(12-20)15-18-16(23-19-15)13-6-4-3-5-7-13/h3-7,14,21H,8-12H2,1-2H3. The molecule has 0 radical (unpaired) electrons. The highest BCUT2D eigenvalue weighted by atomic mass is 16.5. The second-order valence-electron chi connectivity index (χ2n) is 6.55. The van der Waals surface area contributed by atoms with Crippen LogP contribution in [0.15, 0.2) is 34.9 Å². The first kappa shape index (κ1) is 16.1. The second kappa shape index (κ2) is 6.78. The fourth-order valence-electron chi connectivity index (χ4n) is 2.56. The first-order chi connectivity index (χ1) is 11.0. The molecule has 1 N–H and O–H groups in total. The van der Waals surface area contributed by atoms with Crippen LogP contribution >= 0.6 is 0 Å². The largest absolute Gasteiger partial charge is 0.390 e. The average Bonchev–Trinajstić information content (AvgIpc) is 3.03. The van der Waals surface area contributed by atoms with Gasteiger partial charge in [0.25, 0.3) is 5.89 Å². The molecule has 6 nitrogen and oxygen atoms in total. The molecule has 0 bridgehead atoms. The smallest absolute Gasteiger partial charge is 0.258 e. The van der Waals surface area contributed by atoms with E-state index in [9.17, 15) is 5.11 Å². The van der Waals surface area contributed by atoms with Gasteiger partial charge in [-0.1, -0.05) is 23.4 Å². The van der Waals surface area contributed by atoms with Crippen molar-refractivity contribution in [2.45, 2.75) is 32.0 Å². The third-order valence-electron chi connectivity index (χ3n) is 3.94. The van der Waals surface area contributed by atoms with Crippen LogP contribution in [0.5, 0.6) is 0 Å². The number of aliphatic hydroxyl groups is 1. The molecule has 0 aliphatic carbocycles. The number of aromatic nitrogens is 2. The Kier molecular flexibility index (Phi) is 4.75. The van der Waals surface area contributed by atoms with Crippen molar-refractivity contribution in [2.24, 2.45) is 0 Å². The Bertz CT molecular complexity index is 622. The summed E-state index contributed by atoms with van der Waals surface area (Å²) in [5, 5.41) is 13.9. The fourth-order valence-corrected chi connectivity index (χ4v) is 2.56. The predicted octanol–water partition coefficient (Wildman–Crippen LogP) is 2.27. The van der Waals surface area contributed by atoms with Gasteiger partial charge in [0.1, 0.15) is 6.10 Å². The quantitative estimate of drug-likeness (QED) is 0.912. The average molecular weight is 317 g/mol. The molecular weight excluding hydrogens is 294 g/mol. The molecule has 0 saturated carbocycles. The van der Waals surface area contributed by atoms with Crippen LogP contribution in [0.25, 0.3) is 11.5 Å². The van der Waals surface area contributed by atoms with Gasteiger partial charge in [-0.2, -0.15) is 4.98 Å². The molecule has 124 valence electrons. The molecule has 1 saturated heterocycles. The first-order valence-electron chi connectivity index (χ1n) is 7.97. The minimum atomic E-state index is -0.652. The zero-order valence-corrected chi connectivity index (χ0v) is 13.6. The monoisotopic (exact) mass is 317 g/mol. The maximum atomic E-state index is 9.86. The van der Waals surface area contributed by atoms with Gasteiger partial charge >= 0.3 is 0 Å². The van der Waals surface area contributed by atoms with E-state index in [4.69, 9.17) is 9.26 Å². The number of morpholine rings is 1. The van der Waals surface area contributed by atoms with E-state index in [0.29, 0.717) is 24.9 Å². The maximum absolute atomic E-state index is 9.86. The number of benzene rings is 1. The van der Waals surface area contributed by atoms with Crippen molar-refractivity contribution in [3.63, 3.8) is 0 Å². The molecule has 1 atom stereocenters. The van der Waals surface area contributed by atoms with Gasteiger partial charge in [-0.15, -0.1) is 0 Å². The number of rotatable bonds is 5. The summed E-state index contributed by atoms with van der Waals surface area (Å²) in [4.78, 5) is 6.74. The Morgan fingerprint density at radius 1 is 1.30 bits per heavy atom. The van der Waals surface area contributed by atoms with Gasteiger partial charge in [0, 0.05) is 25.2 Å². The SMILES string of the molecule is CC(C)(O)CCN1CCOC(c2noc(-c3ccccc3)n2)C1. The number of hydrogen-bond acceptors (Lipinski definition) is 6. The molecule has 1 aromatic carbocycles. The lowest BCUT2D eigenvalue weighted by molar-refractivity contribution is -0.0427. The number of nitrogens with zero attached hydrogens (tertiary/aromatic N) is 3. The Hall–Kier alpha value is -1.76. The Morgan fingerprint density at radius 3 is 2.83 bits per heavy atom. The summed E-state index contributed by atoms with van der Waals surface area (Å²) in [6, 6.07) is 9.71. The minimum absolute atomic E-state index is 0.188. The zero-order valence-electron chi connectivity index (χ0n) is 13.6. The molecule has 1 aliphatic rings. The van der Waals surface area contributed by atoms with E-state index < -0.39 is 5.60 Å². The van der Waals surface area contributed by atoms with E-state index in [2.05, 4.69) is 15.0 Å². The summed E-state index contributed by atoms with van der Waals surface area (Å²) in [6.45, 7) is 6.69. The topological polar surface area (TPSA) is 71.6 Å². The summed E-state index contributed by atoms with van der Waals surface area (Å²) >= 11 is 0. The fraction of sp³-hybridized carbons (Fsp3) is 0.529. The third-order valence-corrected chi connectivity index (χ3v) is 3.94. The minimum Gasteiger partial charge on any atom is -0.390 e. The molecule has 1 aliphatic heterocycles. The molecular formula is C17H23N3O3. The van der Waals surface area contributed by atoms with Crippen LogP contribution in [0, 0.1) is 0 Å². The molecule has 1 fully saturated rings. The lowest BCUT2D eigenvalue weighted by atomic mass is 10.1. The molecule has 0 amide bonds. The second-order valence-corrected chi connectivity index (χ2v) is 6.55. The Labute approximate surface area is 136 Å². The molecule has 2 aromatic rings. The summed E-state index contributed by atoms with van der Waals surface area (Å²) < 4.78 is 11.1. The van der Waals surface area contributed by atoms with Crippen LogP contribution in [-0.4, -0.2) is 52.0 Å². The normalized spacial score (nSPS) is 19.9. The summed E-state index contributed by atoms with van der Waals surface area (Å²) in [5.41, 5.74) is 0.251. The molecule has 1 unspecified atom stereocenters. The van der Waals surface area contributed by atoms with Gasteiger partial charge in [0.15, 0.2) is 0 Å². The highest BCUT2D eigenvalue weighted by Crippen LogP contribution is 2.24. The molecule has 2 heterocycles. The Balaban J connectivity index is 1.64. The van der Waals surface area contributed by atoms with E-state index in [-0.39, 0.29) is 6.10 Å². The van der Waals surface area contributed by atoms with Crippen LogP contribution in [0.4, 0.5) is 0 Å². The van der Waals surface area contributed by atoms with Crippen LogP contribution in [0.2, 0.25) is 0 Å². The van der Waals surface area contributed by atoms with Crippen molar-refractivity contribution in [2.75, 3.05) is 26.2 Å². The van der Waals surface area contributed by atoms with Crippen molar-refractivity contribution in [1.82, 2.24) is 15.0 Å². The molecule has 1 aromatic heterocycles. The summed E-state index contributed by atoms with van der Waals surface area (Å²) in [6.07, 6.45) is 0.535. The van der Waals surface area contributed by atoms with Crippen LogP contribution in [-0.2, 0) is 4.74 Å². The van der Waals surface area contributed by atoms with Crippen molar-refractivity contribution >= 4 is 0 Å². The van der Waals surface area contributed by atoms with E-state index >= 15 is 0 Å². The summed E-state index contributed by atoms with van der Waals surface area (Å²) in [5.74, 6) is 1.09. The molecule has 6 heteroatoms. The van der Waals surface area contributed by atoms with E-state index in [1.807, 2.05) is 44.2 Å². The van der Waals surface area contributed by atoms with Crippen LogP contribution in [0.1, 0.15) is 32.2 Å². The molecule has 0 spiro atoms. The molecule has 23 heavy (non-hydrogen) atoms. The van der Waals surface area contributed by atoms with Crippen molar-refractivity contribution in [3.8, 4) is 11.5 Å². The molecule has 3 rings (SSSR count). The Morgan fingerprint density at radius 2 is 2.09 bits per heavy atom.